The van der Waals surface area contributed by atoms with Crippen molar-refractivity contribution in [1.29, 1.82) is 0 Å². The van der Waals surface area contributed by atoms with Crippen LogP contribution in [0, 0.1) is 11.3 Å². The predicted octanol–water partition coefficient (Wildman–Crippen LogP) is 3.98. The molecule has 1 nitrogen and oxygen atoms in total. The van der Waals surface area contributed by atoms with Gasteiger partial charge in [-0.25, -0.2) is 0 Å². The van der Waals surface area contributed by atoms with Crippen molar-refractivity contribution in [1.82, 2.24) is 5.32 Å². The van der Waals surface area contributed by atoms with Crippen LogP contribution in [-0.4, -0.2) is 12.6 Å². The van der Waals surface area contributed by atoms with Gasteiger partial charge in [-0.2, -0.15) is 0 Å². The van der Waals surface area contributed by atoms with Gasteiger partial charge >= 0.3 is 0 Å². The van der Waals surface area contributed by atoms with Gasteiger partial charge in [0, 0.05) is 6.04 Å². The van der Waals surface area contributed by atoms with Crippen LogP contribution in [0.4, 0.5) is 0 Å². The third-order valence-electron chi connectivity index (χ3n) is 3.99. The molecule has 1 rings (SSSR count). The van der Waals surface area contributed by atoms with Crippen LogP contribution in [0.3, 0.4) is 0 Å². The second-order valence-corrected chi connectivity index (χ2v) is 5.95. The summed E-state index contributed by atoms with van der Waals surface area (Å²) in [6.07, 6.45) is 8.53. The summed E-state index contributed by atoms with van der Waals surface area (Å²) in [5, 5.41) is 3.72. The number of hydrogen-bond donors (Lipinski definition) is 1. The van der Waals surface area contributed by atoms with Crippen molar-refractivity contribution in [3.63, 3.8) is 0 Å². The molecule has 0 saturated heterocycles. The molecule has 0 aliphatic heterocycles. The molecule has 0 spiro atoms. The number of nitrogens with one attached hydrogen (secondary N) is 1. The standard InChI is InChI=1S/C14H29N/c1-5-15-13(11-12(2)3)14(4)9-7-6-8-10-14/h12-13,15H,5-11H2,1-4H3. The summed E-state index contributed by atoms with van der Waals surface area (Å²) in [7, 11) is 0. The Kier molecular flexibility index (Phi) is 5.11. The van der Waals surface area contributed by atoms with Crippen LogP contribution in [0.1, 0.15) is 66.2 Å². The smallest absolute Gasteiger partial charge is 0.0123 e. The van der Waals surface area contributed by atoms with Crippen molar-refractivity contribution in [3.8, 4) is 0 Å². The Balaban J connectivity index is 2.58. The van der Waals surface area contributed by atoms with Crippen molar-refractivity contribution in [2.24, 2.45) is 11.3 Å². The summed E-state index contributed by atoms with van der Waals surface area (Å²) in [6.45, 7) is 10.5. The summed E-state index contributed by atoms with van der Waals surface area (Å²) >= 11 is 0. The Morgan fingerprint density at radius 3 is 2.20 bits per heavy atom. The lowest BCUT2D eigenvalue weighted by molar-refractivity contribution is 0.129. The van der Waals surface area contributed by atoms with Gasteiger partial charge in [-0.1, -0.05) is 47.0 Å². The van der Waals surface area contributed by atoms with E-state index < -0.39 is 0 Å². The average molecular weight is 211 g/mol. The summed E-state index contributed by atoms with van der Waals surface area (Å²) in [5.74, 6) is 0.813. The van der Waals surface area contributed by atoms with Crippen LogP contribution in [0.25, 0.3) is 0 Å². The highest BCUT2D eigenvalue weighted by molar-refractivity contribution is 4.90. The van der Waals surface area contributed by atoms with Crippen LogP contribution in [0.5, 0.6) is 0 Å². The first kappa shape index (κ1) is 13.0. The lowest BCUT2D eigenvalue weighted by atomic mass is 9.68. The quantitative estimate of drug-likeness (QED) is 0.725. The predicted molar refractivity (Wildman–Crippen MR) is 68.1 cm³/mol. The molecule has 1 atom stereocenters. The van der Waals surface area contributed by atoms with Gasteiger partial charge in [0.2, 0.25) is 0 Å². The van der Waals surface area contributed by atoms with Gasteiger partial charge in [0.1, 0.15) is 0 Å². The molecule has 0 aromatic carbocycles. The molecule has 0 bridgehead atoms. The van der Waals surface area contributed by atoms with Gasteiger partial charge in [0.25, 0.3) is 0 Å². The summed E-state index contributed by atoms with van der Waals surface area (Å²) in [4.78, 5) is 0. The van der Waals surface area contributed by atoms with E-state index in [-0.39, 0.29) is 0 Å². The highest BCUT2D eigenvalue weighted by atomic mass is 14.9. The van der Waals surface area contributed by atoms with Gasteiger partial charge in [-0.3, -0.25) is 0 Å². The third kappa shape index (κ3) is 3.79. The van der Waals surface area contributed by atoms with Crippen molar-refractivity contribution < 1.29 is 0 Å². The molecule has 1 aliphatic carbocycles. The molecule has 90 valence electrons. The molecule has 1 unspecified atom stereocenters. The molecule has 0 aromatic heterocycles. The zero-order valence-corrected chi connectivity index (χ0v) is 11.1. The first-order valence-electron chi connectivity index (χ1n) is 6.82. The molecular formula is C14H29N. The summed E-state index contributed by atoms with van der Waals surface area (Å²) < 4.78 is 0. The van der Waals surface area contributed by atoms with E-state index in [1.807, 2.05) is 0 Å². The third-order valence-corrected chi connectivity index (χ3v) is 3.99. The molecule has 1 aliphatic rings. The highest BCUT2D eigenvalue weighted by Crippen LogP contribution is 2.40. The lowest BCUT2D eigenvalue weighted by Gasteiger charge is -2.42. The van der Waals surface area contributed by atoms with Crippen LogP contribution in [0.15, 0.2) is 0 Å². The molecule has 15 heavy (non-hydrogen) atoms. The lowest BCUT2D eigenvalue weighted by Crippen LogP contribution is -2.45. The Morgan fingerprint density at radius 2 is 1.73 bits per heavy atom. The van der Waals surface area contributed by atoms with E-state index in [1.165, 1.54) is 38.5 Å². The van der Waals surface area contributed by atoms with Crippen molar-refractivity contribution in [2.75, 3.05) is 6.54 Å². The summed E-state index contributed by atoms with van der Waals surface area (Å²) in [5.41, 5.74) is 0.568. The number of hydrogen-bond acceptors (Lipinski definition) is 1. The minimum atomic E-state index is 0.568. The van der Waals surface area contributed by atoms with E-state index in [9.17, 15) is 0 Å². The molecule has 0 radical (unpaired) electrons. The Morgan fingerprint density at radius 1 is 1.13 bits per heavy atom. The van der Waals surface area contributed by atoms with E-state index in [2.05, 4.69) is 33.0 Å². The SMILES string of the molecule is CCNC(CC(C)C)C1(C)CCCCC1. The van der Waals surface area contributed by atoms with Crippen LogP contribution >= 0.6 is 0 Å². The minimum absolute atomic E-state index is 0.568. The zero-order valence-electron chi connectivity index (χ0n) is 11.1. The van der Waals surface area contributed by atoms with Gasteiger partial charge in [-0.05, 0) is 37.1 Å². The van der Waals surface area contributed by atoms with Crippen molar-refractivity contribution in [3.05, 3.63) is 0 Å². The molecule has 0 amide bonds. The van der Waals surface area contributed by atoms with Gasteiger partial charge in [0.15, 0.2) is 0 Å². The fraction of sp³-hybridized carbons (Fsp3) is 1.00. The van der Waals surface area contributed by atoms with Gasteiger partial charge in [0.05, 0.1) is 0 Å². The van der Waals surface area contributed by atoms with E-state index in [0.717, 1.165) is 18.5 Å². The maximum atomic E-state index is 3.72. The van der Waals surface area contributed by atoms with E-state index >= 15 is 0 Å². The Labute approximate surface area is 96.0 Å². The molecule has 1 heteroatoms. The first-order valence-corrected chi connectivity index (χ1v) is 6.82. The Bertz CT molecular complexity index is 168. The van der Waals surface area contributed by atoms with Crippen LogP contribution < -0.4 is 5.32 Å². The van der Waals surface area contributed by atoms with E-state index in [0.29, 0.717) is 5.41 Å². The maximum absolute atomic E-state index is 3.72. The first-order chi connectivity index (χ1) is 7.08. The average Bonchev–Trinajstić information content (AvgIpc) is 2.18. The molecule has 1 N–H and O–H groups in total. The van der Waals surface area contributed by atoms with Crippen molar-refractivity contribution >= 4 is 0 Å². The van der Waals surface area contributed by atoms with Gasteiger partial charge < -0.3 is 5.32 Å². The molecule has 0 aromatic rings. The normalized spacial score (nSPS) is 23.0. The maximum Gasteiger partial charge on any atom is 0.0123 e. The Hall–Kier alpha value is -0.0400. The van der Waals surface area contributed by atoms with Crippen LogP contribution in [0.2, 0.25) is 0 Å². The van der Waals surface area contributed by atoms with Gasteiger partial charge in [-0.15, -0.1) is 0 Å². The molecule has 0 heterocycles. The highest BCUT2D eigenvalue weighted by Gasteiger charge is 2.34. The second-order valence-electron chi connectivity index (χ2n) is 5.95. The largest absolute Gasteiger partial charge is 0.314 e. The molecule has 1 fully saturated rings. The summed E-state index contributed by atoms with van der Waals surface area (Å²) in [6, 6.07) is 0.739. The number of rotatable bonds is 5. The minimum Gasteiger partial charge on any atom is -0.314 e. The van der Waals surface area contributed by atoms with Crippen LogP contribution in [-0.2, 0) is 0 Å². The molecular weight excluding hydrogens is 182 g/mol. The zero-order chi connectivity index (χ0) is 11.3. The van der Waals surface area contributed by atoms with E-state index in [1.54, 1.807) is 0 Å². The molecule has 1 saturated carbocycles. The monoisotopic (exact) mass is 211 g/mol. The second kappa shape index (κ2) is 5.89. The fourth-order valence-electron chi connectivity index (χ4n) is 3.04. The van der Waals surface area contributed by atoms with E-state index in [4.69, 9.17) is 0 Å². The topological polar surface area (TPSA) is 12.0 Å². The fourth-order valence-corrected chi connectivity index (χ4v) is 3.04. The van der Waals surface area contributed by atoms with Crippen molar-refractivity contribution in [2.45, 2.75) is 72.3 Å².